The van der Waals surface area contributed by atoms with E-state index < -0.39 is 5.91 Å². The van der Waals surface area contributed by atoms with Gasteiger partial charge in [-0.2, -0.15) is 0 Å². The highest BCUT2D eigenvalue weighted by Crippen LogP contribution is 2.31. The Labute approximate surface area is 186 Å². The molecule has 0 radical (unpaired) electrons. The minimum absolute atomic E-state index is 0.0164. The molecule has 1 fully saturated rings. The van der Waals surface area contributed by atoms with Crippen molar-refractivity contribution in [3.05, 3.63) is 65.7 Å². The number of carbonyl (C=O) groups is 2. The van der Waals surface area contributed by atoms with Crippen LogP contribution in [0, 0.1) is 0 Å². The van der Waals surface area contributed by atoms with E-state index in [1.807, 2.05) is 17.0 Å². The number of benzene rings is 3. The number of piperazine rings is 1. The summed E-state index contributed by atoms with van der Waals surface area (Å²) < 4.78 is 0. The summed E-state index contributed by atoms with van der Waals surface area (Å²) in [5, 5.41) is 24.1. The number of hydrogen-bond acceptors (Lipinski definition) is 5. The Morgan fingerprint density at radius 3 is 2.31 bits per heavy atom. The fourth-order valence-corrected chi connectivity index (χ4v) is 3.98. The molecule has 166 valence electrons. The van der Waals surface area contributed by atoms with Crippen LogP contribution in [0.15, 0.2) is 54.6 Å². The molecule has 0 spiro atoms. The Bertz CT molecular complexity index is 1140. The van der Waals surface area contributed by atoms with Gasteiger partial charge in [-0.25, -0.2) is 0 Å². The molecule has 7 nitrogen and oxygen atoms in total. The molecule has 3 aromatic carbocycles. The Balaban J connectivity index is 1.39. The average molecular weight is 434 g/mol. The fourth-order valence-electron chi connectivity index (χ4n) is 3.98. The zero-order chi connectivity index (χ0) is 22.7. The lowest BCUT2D eigenvalue weighted by atomic mass is 10.0. The highest BCUT2D eigenvalue weighted by Gasteiger charge is 2.20. The van der Waals surface area contributed by atoms with Gasteiger partial charge in [-0.3, -0.25) is 9.59 Å². The minimum atomic E-state index is -0.453. The molecule has 1 aliphatic heterocycles. The number of phenols is 2. The largest absolute Gasteiger partial charge is 0.508 e. The quantitative estimate of drug-likeness (QED) is 0.575. The van der Waals surface area contributed by atoms with Gasteiger partial charge < -0.3 is 25.3 Å². The van der Waals surface area contributed by atoms with Crippen LogP contribution in [-0.4, -0.2) is 64.6 Å². The molecule has 0 aliphatic carbocycles. The molecular weight excluding hydrogens is 406 g/mol. The van der Waals surface area contributed by atoms with E-state index >= 15 is 0 Å². The lowest BCUT2D eigenvalue weighted by Gasteiger charge is -2.34. The number of hydrogen-bond donors (Lipinski definition) is 3. The summed E-state index contributed by atoms with van der Waals surface area (Å²) in [4.78, 5) is 29.5. The third-order valence-corrected chi connectivity index (χ3v) is 5.96. The third kappa shape index (κ3) is 4.68. The van der Waals surface area contributed by atoms with Crippen LogP contribution >= 0.6 is 0 Å². The first-order valence-corrected chi connectivity index (χ1v) is 10.8. The van der Waals surface area contributed by atoms with Crippen LogP contribution in [0.5, 0.6) is 11.5 Å². The lowest BCUT2D eigenvalue weighted by molar-refractivity contribution is -0.132. The van der Waals surface area contributed by atoms with Crippen molar-refractivity contribution >= 4 is 28.3 Å². The first-order chi connectivity index (χ1) is 15.4. The van der Waals surface area contributed by atoms with Crippen molar-refractivity contribution < 1.29 is 19.8 Å². The summed E-state index contributed by atoms with van der Waals surface area (Å²) in [5.74, 6) is -0.503. The number of carbonyl (C=O) groups excluding carboxylic acids is 2. The van der Waals surface area contributed by atoms with Crippen LogP contribution in [-0.2, 0) is 11.2 Å². The molecule has 2 amide bonds. The highest BCUT2D eigenvalue weighted by atomic mass is 16.3. The predicted molar refractivity (Wildman–Crippen MR) is 124 cm³/mol. The van der Waals surface area contributed by atoms with E-state index in [0.717, 1.165) is 43.7 Å². The Kier molecular flexibility index (Phi) is 6.28. The summed E-state index contributed by atoms with van der Waals surface area (Å²) in [6, 6.07) is 15.1. The van der Waals surface area contributed by atoms with Gasteiger partial charge >= 0.3 is 0 Å². The molecule has 1 aliphatic rings. The SMILES string of the molecule is CCN1CCN(C(=O)Cc2ccc(NC(=O)c3ccc4ccc(O)cc4c3O)cc2)CC1. The summed E-state index contributed by atoms with van der Waals surface area (Å²) in [5.41, 5.74) is 1.57. The molecule has 0 aromatic heterocycles. The molecule has 1 saturated heterocycles. The lowest BCUT2D eigenvalue weighted by Crippen LogP contribution is -2.48. The van der Waals surface area contributed by atoms with Crippen molar-refractivity contribution in [2.75, 3.05) is 38.0 Å². The van der Waals surface area contributed by atoms with Crippen molar-refractivity contribution in [2.24, 2.45) is 0 Å². The van der Waals surface area contributed by atoms with Crippen molar-refractivity contribution in [1.82, 2.24) is 9.80 Å². The van der Waals surface area contributed by atoms with E-state index in [2.05, 4.69) is 17.1 Å². The van der Waals surface area contributed by atoms with Crippen LogP contribution in [0.25, 0.3) is 10.8 Å². The Hall–Kier alpha value is -3.58. The number of aromatic hydroxyl groups is 2. The van der Waals surface area contributed by atoms with Gasteiger partial charge in [-0.1, -0.05) is 31.2 Å². The number of nitrogens with one attached hydrogen (secondary N) is 1. The second-order valence-corrected chi connectivity index (χ2v) is 8.01. The maximum absolute atomic E-state index is 12.7. The summed E-state index contributed by atoms with van der Waals surface area (Å²) in [6.45, 7) is 6.48. The Morgan fingerprint density at radius 1 is 0.938 bits per heavy atom. The maximum Gasteiger partial charge on any atom is 0.259 e. The number of likely N-dealkylation sites (N-methyl/N-ethyl adjacent to an activating group) is 1. The third-order valence-electron chi connectivity index (χ3n) is 5.96. The average Bonchev–Trinajstić information content (AvgIpc) is 2.81. The normalized spacial score (nSPS) is 14.5. The van der Waals surface area contributed by atoms with E-state index in [4.69, 9.17) is 0 Å². The topological polar surface area (TPSA) is 93.1 Å². The van der Waals surface area contributed by atoms with Gasteiger partial charge in [0, 0.05) is 37.3 Å². The standard InChI is InChI=1S/C25H27N3O4/c1-2-27-11-13-28(14-12-27)23(30)15-17-3-7-19(8-4-17)26-25(32)21-10-6-18-5-9-20(29)16-22(18)24(21)31/h3-10,16,29,31H,2,11-15H2,1H3,(H,26,32). The molecule has 0 unspecified atom stereocenters. The number of amides is 2. The number of anilines is 1. The van der Waals surface area contributed by atoms with Gasteiger partial charge in [0.1, 0.15) is 11.5 Å². The van der Waals surface area contributed by atoms with Crippen molar-refractivity contribution in [1.29, 1.82) is 0 Å². The molecule has 1 heterocycles. The van der Waals surface area contributed by atoms with Gasteiger partial charge in [0.25, 0.3) is 5.91 Å². The molecule has 0 atom stereocenters. The smallest absolute Gasteiger partial charge is 0.259 e. The molecule has 7 heteroatoms. The van der Waals surface area contributed by atoms with E-state index in [1.165, 1.54) is 12.1 Å². The zero-order valence-corrected chi connectivity index (χ0v) is 18.0. The van der Waals surface area contributed by atoms with Crippen molar-refractivity contribution in [3.8, 4) is 11.5 Å². The summed E-state index contributed by atoms with van der Waals surface area (Å²) in [6.07, 6.45) is 0.329. The van der Waals surface area contributed by atoms with Crippen LogP contribution in [0.2, 0.25) is 0 Å². The Morgan fingerprint density at radius 2 is 1.62 bits per heavy atom. The molecule has 4 rings (SSSR count). The van der Waals surface area contributed by atoms with Gasteiger partial charge in [-0.05, 0) is 47.8 Å². The second-order valence-electron chi connectivity index (χ2n) is 8.01. The van der Waals surface area contributed by atoms with Crippen LogP contribution in [0.1, 0.15) is 22.8 Å². The van der Waals surface area contributed by atoms with E-state index in [1.54, 1.807) is 30.3 Å². The second kappa shape index (κ2) is 9.28. The predicted octanol–water partition coefficient (Wildman–Crippen LogP) is 3.21. The van der Waals surface area contributed by atoms with Gasteiger partial charge in [0.05, 0.1) is 12.0 Å². The van der Waals surface area contributed by atoms with Crippen molar-refractivity contribution in [2.45, 2.75) is 13.3 Å². The number of rotatable bonds is 5. The number of fused-ring (bicyclic) bond motifs is 1. The van der Waals surface area contributed by atoms with Crippen LogP contribution in [0.3, 0.4) is 0 Å². The van der Waals surface area contributed by atoms with Gasteiger partial charge in [0.2, 0.25) is 5.91 Å². The van der Waals surface area contributed by atoms with E-state index in [0.29, 0.717) is 17.5 Å². The van der Waals surface area contributed by atoms with E-state index in [-0.39, 0.29) is 23.0 Å². The molecule has 0 bridgehead atoms. The highest BCUT2D eigenvalue weighted by molar-refractivity contribution is 6.10. The van der Waals surface area contributed by atoms with Gasteiger partial charge in [0.15, 0.2) is 0 Å². The van der Waals surface area contributed by atoms with Crippen LogP contribution < -0.4 is 5.32 Å². The molecule has 3 aromatic rings. The zero-order valence-electron chi connectivity index (χ0n) is 18.0. The summed E-state index contributed by atoms with van der Waals surface area (Å²) >= 11 is 0. The minimum Gasteiger partial charge on any atom is -0.508 e. The summed E-state index contributed by atoms with van der Waals surface area (Å²) in [7, 11) is 0. The molecule has 32 heavy (non-hydrogen) atoms. The first-order valence-electron chi connectivity index (χ1n) is 10.8. The molecule has 0 saturated carbocycles. The van der Waals surface area contributed by atoms with E-state index in [9.17, 15) is 19.8 Å². The molecule has 3 N–H and O–H groups in total. The van der Waals surface area contributed by atoms with Gasteiger partial charge in [-0.15, -0.1) is 0 Å². The maximum atomic E-state index is 12.7. The molecular formula is C25H27N3O4. The van der Waals surface area contributed by atoms with Crippen LogP contribution in [0.4, 0.5) is 5.69 Å². The first kappa shape index (κ1) is 21.6. The van der Waals surface area contributed by atoms with Crippen molar-refractivity contribution in [3.63, 3.8) is 0 Å². The number of phenolic OH excluding ortho intramolecular Hbond substituents is 2. The number of nitrogens with zero attached hydrogens (tertiary/aromatic N) is 2. The fraction of sp³-hybridized carbons (Fsp3) is 0.280. The monoisotopic (exact) mass is 433 g/mol.